The normalized spacial score (nSPS) is 10.4. The number of hydrogen-bond donors (Lipinski definition) is 0. The minimum absolute atomic E-state index is 0.990. The molecule has 0 unspecified atom stereocenters. The fourth-order valence-electron chi connectivity index (χ4n) is 2.74. The van der Waals surface area contributed by atoms with Gasteiger partial charge in [-0.25, -0.2) is 0 Å². The number of hydrogen-bond acceptors (Lipinski definition) is 0. The molecule has 0 aliphatic heterocycles. The van der Waals surface area contributed by atoms with E-state index in [0.29, 0.717) is 0 Å². The van der Waals surface area contributed by atoms with Crippen molar-refractivity contribution in [2.24, 2.45) is 0 Å². The molecule has 2 aromatic rings. The van der Waals surface area contributed by atoms with Crippen LogP contribution in [0.2, 0.25) is 0 Å². The lowest BCUT2D eigenvalue weighted by molar-refractivity contribution is 0.996. The molecule has 0 bridgehead atoms. The van der Waals surface area contributed by atoms with E-state index in [0.717, 1.165) is 18.4 Å². The topological polar surface area (TPSA) is 0 Å². The van der Waals surface area contributed by atoms with E-state index in [1.54, 1.807) is 0 Å². The van der Waals surface area contributed by atoms with Gasteiger partial charge in [0.05, 0.1) is 0 Å². The Morgan fingerprint density at radius 2 is 1.67 bits per heavy atom. The van der Waals surface area contributed by atoms with Gasteiger partial charge in [-0.05, 0) is 61.4 Å². The second kappa shape index (κ2) is 6.58. The molecule has 0 nitrogen and oxygen atoms in total. The average Bonchev–Trinajstić information content (AvgIpc) is 2.48. The third-order valence-electron chi connectivity index (χ3n) is 4.00. The molecule has 0 atom stereocenters. The molecule has 21 heavy (non-hydrogen) atoms. The summed E-state index contributed by atoms with van der Waals surface area (Å²) in [6.07, 6.45) is 2.02. The molecule has 108 valence electrons. The van der Waals surface area contributed by atoms with Crippen LogP contribution in [0.4, 0.5) is 0 Å². The SMILES string of the molecule is C=C(CCc1cc(C)cc(C(=C)C)c1C)c1ccccc1. The van der Waals surface area contributed by atoms with Gasteiger partial charge >= 0.3 is 0 Å². The first-order valence-electron chi connectivity index (χ1n) is 7.48. The Morgan fingerprint density at radius 3 is 2.29 bits per heavy atom. The Bertz CT molecular complexity index is 660. The molecule has 0 saturated carbocycles. The predicted octanol–water partition coefficient (Wildman–Crippen LogP) is 5.98. The molecular formula is C21H24. The van der Waals surface area contributed by atoms with Gasteiger partial charge in [-0.3, -0.25) is 0 Å². The van der Waals surface area contributed by atoms with Crippen LogP contribution in [0, 0.1) is 13.8 Å². The standard InChI is InChI=1S/C21H24/c1-15(2)21-14-16(3)13-20(18(21)5)12-11-17(4)19-9-7-6-8-10-19/h6-10,13-14H,1,4,11-12H2,2-3,5H3. The van der Waals surface area contributed by atoms with E-state index in [-0.39, 0.29) is 0 Å². The minimum atomic E-state index is 0.990. The summed E-state index contributed by atoms with van der Waals surface area (Å²) in [5.74, 6) is 0. The van der Waals surface area contributed by atoms with Gasteiger partial charge in [0.2, 0.25) is 0 Å². The summed E-state index contributed by atoms with van der Waals surface area (Å²) in [5, 5.41) is 0. The molecule has 0 spiro atoms. The summed E-state index contributed by atoms with van der Waals surface area (Å²) in [6.45, 7) is 14.8. The highest BCUT2D eigenvalue weighted by Gasteiger charge is 2.07. The maximum atomic E-state index is 4.23. The Morgan fingerprint density at radius 1 is 1.00 bits per heavy atom. The molecule has 0 aliphatic carbocycles. The Hall–Kier alpha value is -2.08. The van der Waals surface area contributed by atoms with Crippen molar-refractivity contribution in [2.45, 2.75) is 33.6 Å². The zero-order valence-electron chi connectivity index (χ0n) is 13.4. The molecule has 0 aliphatic rings. The highest BCUT2D eigenvalue weighted by molar-refractivity contribution is 5.67. The second-order valence-corrected chi connectivity index (χ2v) is 5.85. The quantitative estimate of drug-likeness (QED) is 0.630. The fourth-order valence-corrected chi connectivity index (χ4v) is 2.74. The van der Waals surface area contributed by atoms with Crippen molar-refractivity contribution in [3.63, 3.8) is 0 Å². The molecule has 2 aromatic carbocycles. The number of aryl methyl sites for hydroxylation is 2. The van der Waals surface area contributed by atoms with Crippen LogP contribution < -0.4 is 0 Å². The van der Waals surface area contributed by atoms with Crippen LogP contribution in [-0.2, 0) is 6.42 Å². The molecule has 0 N–H and O–H groups in total. The molecule has 0 heterocycles. The average molecular weight is 276 g/mol. The molecule has 0 amide bonds. The fraction of sp³-hybridized carbons (Fsp3) is 0.238. The van der Waals surface area contributed by atoms with Crippen LogP contribution in [0.25, 0.3) is 11.1 Å². The Kier molecular flexibility index (Phi) is 4.80. The van der Waals surface area contributed by atoms with E-state index >= 15 is 0 Å². The van der Waals surface area contributed by atoms with Gasteiger partial charge in [0, 0.05) is 0 Å². The largest absolute Gasteiger partial charge is 0.0955 e. The van der Waals surface area contributed by atoms with Crippen LogP contribution in [0.15, 0.2) is 55.6 Å². The summed E-state index contributed by atoms with van der Waals surface area (Å²) in [5.41, 5.74) is 8.93. The molecule has 2 rings (SSSR count). The van der Waals surface area contributed by atoms with Crippen molar-refractivity contribution in [2.75, 3.05) is 0 Å². The van der Waals surface area contributed by atoms with Gasteiger partial charge in [0.15, 0.2) is 0 Å². The zero-order valence-corrected chi connectivity index (χ0v) is 13.4. The number of benzene rings is 2. The first-order valence-corrected chi connectivity index (χ1v) is 7.48. The zero-order chi connectivity index (χ0) is 15.4. The van der Waals surface area contributed by atoms with Crippen molar-refractivity contribution >= 4 is 11.1 Å². The van der Waals surface area contributed by atoms with Gasteiger partial charge in [-0.15, -0.1) is 0 Å². The molecule has 0 saturated heterocycles. The third kappa shape index (κ3) is 3.72. The lowest BCUT2D eigenvalue weighted by Crippen LogP contribution is -1.97. The summed E-state index contributed by atoms with van der Waals surface area (Å²) in [4.78, 5) is 0. The van der Waals surface area contributed by atoms with E-state index in [4.69, 9.17) is 0 Å². The van der Waals surface area contributed by atoms with Crippen molar-refractivity contribution in [1.29, 1.82) is 0 Å². The highest BCUT2D eigenvalue weighted by atomic mass is 14.1. The van der Waals surface area contributed by atoms with E-state index in [2.05, 4.69) is 70.3 Å². The van der Waals surface area contributed by atoms with Gasteiger partial charge < -0.3 is 0 Å². The van der Waals surface area contributed by atoms with Crippen molar-refractivity contribution in [1.82, 2.24) is 0 Å². The van der Waals surface area contributed by atoms with Crippen LogP contribution in [0.1, 0.15) is 41.2 Å². The molecule has 0 radical (unpaired) electrons. The third-order valence-corrected chi connectivity index (χ3v) is 4.00. The highest BCUT2D eigenvalue weighted by Crippen LogP contribution is 2.25. The van der Waals surface area contributed by atoms with E-state index in [1.807, 2.05) is 6.07 Å². The van der Waals surface area contributed by atoms with Crippen molar-refractivity contribution < 1.29 is 0 Å². The lowest BCUT2D eigenvalue weighted by Gasteiger charge is -2.14. The van der Waals surface area contributed by atoms with Crippen LogP contribution in [-0.4, -0.2) is 0 Å². The van der Waals surface area contributed by atoms with Gasteiger partial charge in [-0.1, -0.05) is 66.8 Å². The Balaban J connectivity index is 2.17. The first kappa shape index (κ1) is 15.3. The molecular weight excluding hydrogens is 252 g/mol. The van der Waals surface area contributed by atoms with Crippen LogP contribution >= 0.6 is 0 Å². The summed E-state index contributed by atoms with van der Waals surface area (Å²) < 4.78 is 0. The monoisotopic (exact) mass is 276 g/mol. The summed E-state index contributed by atoms with van der Waals surface area (Å²) in [7, 11) is 0. The van der Waals surface area contributed by atoms with Crippen LogP contribution in [0.3, 0.4) is 0 Å². The lowest BCUT2D eigenvalue weighted by atomic mass is 9.91. The van der Waals surface area contributed by atoms with Crippen LogP contribution in [0.5, 0.6) is 0 Å². The maximum Gasteiger partial charge on any atom is -0.0199 e. The van der Waals surface area contributed by atoms with Gasteiger partial charge in [-0.2, -0.15) is 0 Å². The van der Waals surface area contributed by atoms with Crippen molar-refractivity contribution in [3.05, 3.63) is 83.4 Å². The minimum Gasteiger partial charge on any atom is -0.0955 e. The Labute approximate surface area is 128 Å². The van der Waals surface area contributed by atoms with E-state index in [1.165, 1.54) is 33.4 Å². The van der Waals surface area contributed by atoms with Gasteiger partial charge in [0.25, 0.3) is 0 Å². The maximum absolute atomic E-state index is 4.23. The smallest absolute Gasteiger partial charge is 0.0199 e. The second-order valence-electron chi connectivity index (χ2n) is 5.85. The summed E-state index contributed by atoms with van der Waals surface area (Å²) in [6, 6.07) is 15.0. The van der Waals surface area contributed by atoms with Crippen molar-refractivity contribution in [3.8, 4) is 0 Å². The van der Waals surface area contributed by atoms with Gasteiger partial charge in [0.1, 0.15) is 0 Å². The summed E-state index contributed by atoms with van der Waals surface area (Å²) >= 11 is 0. The molecule has 0 heteroatoms. The molecule has 0 fully saturated rings. The number of rotatable bonds is 5. The van der Waals surface area contributed by atoms with E-state index < -0.39 is 0 Å². The molecule has 0 aromatic heterocycles. The number of allylic oxidation sites excluding steroid dienone is 2. The first-order chi connectivity index (χ1) is 9.99. The predicted molar refractivity (Wildman–Crippen MR) is 94.4 cm³/mol. The van der Waals surface area contributed by atoms with E-state index in [9.17, 15) is 0 Å².